The molecule has 114 valence electrons. The van der Waals surface area contributed by atoms with Crippen LogP contribution in [0.25, 0.3) is 0 Å². The van der Waals surface area contributed by atoms with Crippen molar-refractivity contribution in [3.05, 3.63) is 0 Å². The lowest BCUT2D eigenvalue weighted by atomic mass is 9.75. The molecule has 0 aromatic carbocycles. The van der Waals surface area contributed by atoms with Gasteiger partial charge in [-0.3, -0.25) is 0 Å². The highest BCUT2D eigenvalue weighted by Crippen LogP contribution is 2.35. The number of unbranched alkanes of at least 4 members (excludes halogenated alkanes) is 1. The van der Waals surface area contributed by atoms with E-state index in [1.54, 1.807) is 0 Å². The predicted molar refractivity (Wildman–Crippen MR) is 78.3 cm³/mol. The third-order valence-corrected chi connectivity index (χ3v) is 4.97. The van der Waals surface area contributed by atoms with Gasteiger partial charge in [0.2, 0.25) is 10.0 Å². The summed E-state index contributed by atoms with van der Waals surface area (Å²) < 4.78 is 27.6. The number of nitrogens with two attached hydrogens (primary N) is 1. The Morgan fingerprint density at radius 2 is 1.95 bits per heavy atom. The largest absolute Gasteiger partial charge is 0.378 e. The molecule has 3 unspecified atom stereocenters. The molecule has 5 heteroatoms. The van der Waals surface area contributed by atoms with Gasteiger partial charge in [-0.25, -0.2) is 13.6 Å². The van der Waals surface area contributed by atoms with E-state index >= 15 is 0 Å². The molecule has 3 atom stereocenters. The van der Waals surface area contributed by atoms with Gasteiger partial charge in [-0.05, 0) is 43.4 Å². The van der Waals surface area contributed by atoms with E-state index < -0.39 is 10.0 Å². The van der Waals surface area contributed by atoms with Crippen LogP contribution in [0.4, 0.5) is 0 Å². The first-order valence-electron chi connectivity index (χ1n) is 7.41. The average Bonchev–Trinajstić information content (AvgIpc) is 2.26. The van der Waals surface area contributed by atoms with E-state index in [1.165, 1.54) is 12.8 Å². The van der Waals surface area contributed by atoms with Crippen molar-refractivity contribution in [2.45, 2.75) is 59.0 Å². The molecule has 0 aliphatic heterocycles. The molecule has 0 saturated heterocycles. The Balaban J connectivity index is 2.28. The normalized spacial score (nSPS) is 28.8. The second-order valence-corrected chi connectivity index (χ2v) is 8.04. The van der Waals surface area contributed by atoms with Crippen molar-refractivity contribution in [3.8, 4) is 0 Å². The molecule has 0 radical (unpaired) electrons. The Bertz CT molecular complexity index is 354. The van der Waals surface area contributed by atoms with Gasteiger partial charge in [0.1, 0.15) is 0 Å². The molecule has 1 aliphatic carbocycles. The van der Waals surface area contributed by atoms with Gasteiger partial charge in [-0.1, -0.05) is 27.2 Å². The molecular formula is C14H29NO3S. The lowest BCUT2D eigenvalue weighted by Crippen LogP contribution is -2.34. The second kappa shape index (κ2) is 7.60. The van der Waals surface area contributed by atoms with Crippen molar-refractivity contribution in [3.63, 3.8) is 0 Å². The summed E-state index contributed by atoms with van der Waals surface area (Å²) in [7, 11) is -3.32. The number of sulfonamides is 1. The average molecular weight is 291 g/mol. The molecule has 0 spiro atoms. The van der Waals surface area contributed by atoms with E-state index in [1.807, 2.05) is 0 Å². The van der Waals surface area contributed by atoms with Gasteiger partial charge in [-0.2, -0.15) is 0 Å². The minimum atomic E-state index is -3.32. The maximum absolute atomic E-state index is 10.8. The monoisotopic (exact) mass is 291 g/mol. The molecule has 2 N–H and O–H groups in total. The first-order chi connectivity index (χ1) is 8.79. The molecule has 0 aromatic heterocycles. The Hall–Kier alpha value is -0.130. The van der Waals surface area contributed by atoms with Gasteiger partial charge < -0.3 is 4.74 Å². The standard InChI is InChI=1S/C14H29NO3S/c1-11(2)13-7-6-12(3)10-14(13)18-8-4-5-9-19(15,16)17/h11-14H,4-10H2,1-3H3,(H2,15,16,17). The minimum absolute atomic E-state index is 0.0606. The van der Waals surface area contributed by atoms with Crippen LogP contribution in [0.5, 0.6) is 0 Å². The molecule has 4 nitrogen and oxygen atoms in total. The Morgan fingerprint density at radius 3 is 2.53 bits per heavy atom. The Morgan fingerprint density at radius 1 is 1.26 bits per heavy atom. The fraction of sp³-hybridized carbons (Fsp3) is 1.00. The highest BCUT2D eigenvalue weighted by molar-refractivity contribution is 7.89. The van der Waals surface area contributed by atoms with Crippen molar-refractivity contribution < 1.29 is 13.2 Å². The van der Waals surface area contributed by atoms with E-state index in [4.69, 9.17) is 9.88 Å². The van der Waals surface area contributed by atoms with Crippen LogP contribution in [0.2, 0.25) is 0 Å². The van der Waals surface area contributed by atoms with Gasteiger partial charge in [0.25, 0.3) is 0 Å². The summed E-state index contributed by atoms with van der Waals surface area (Å²) in [6.45, 7) is 7.46. The number of rotatable bonds is 7. The molecule has 0 heterocycles. The molecule has 0 bridgehead atoms. The van der Waals surface area contributed by atoms with Crippen LogP contribution in [-0.2, 0) is 14.8 Å². The van der Waals surface area contributed by atoms with Gasteiger partial charge in [-0.15, -0.1) is 0 Å². The van der Waals surface area contributed by atoms with E-state index in [-0.39, 0.29) is 5.75 Å². The zero-order valence-electron chi connectivity index (χ0n) is 12.5. The lowest BCUT2D eigenvalue weighted by Gasteiger charge is -2.37. The number of primary sulfonamides is 1. The molecule has 0 amide bonds. The topological polar surface area (TPSA) is 69.4 Å². The molecule has 1 rings (SSSR count). The molecule has 1 aliphatic rings. The van der Waals surface area contributed by atoms with Crippen molar-refractivity contribution in [2.24, 2.45) is 22.9 Å². The van der Waals surface area contributed by atoms with E-state index in [9.17, 15) is 8.42 Å². The van der Waals surface area contributed by atoms with Crippen LogP contribution < -0.4 is 5.14 Å². The summed E-state index contributed by atoms with van der Waals surface area (Å²) in [4.78, 5) is 0. The summed E-state index contributed by atoms with van der Waals surface area (Å²) in [5, 5.41) is 4.97. The third-order valence-electron chi connectivity index (χ3n) is 4.12. The number of hydrogen-bond acceptors (Lipinski definition) is 3. The van der Waals surface area contributed by atoms with Crippen LogP contribution in [0, 0.1) is 17.8 Å². The molecule has 0 aromatic rings. The summed E-state index contributed by atoms with van der Waals surface area (Å²) in [6, 6.07) is 0. The van der Waals surface area contributed by atoms with Gasteiger partial charge in [0, 0.05) is 6.61 Å². The SMILES string of the molecule is CC1CCC(C(C)C)C(OCCCCS(N)(=O)=O)C1. The summed E-state index contributed by atoms with van der Waals surface area (Å²) in [5.41, 5.74) is 0. The maximum Gasteiger partial charge on any atom is 0.209 e. The second-order valence-electron chi connectivity index (χ2n) is 6.31. The number of hydrogen-bond donors (Lipinski definition) is 1. The van der Waals surface area contributed by atoms with Crippen LogP contribution >= 0.6 is 0 Å². The van der Waals surface area contributed by atoms with Crippen molar-refractivity contribution in [1.82, 2.24) is 0 Å². The van der Waals surface area contributed by atoms with Gasteiger partial charge in [0.15, 0.2) is 0 Å². The van der Waals surface area contributed by atoms with Crippen LogP contribution in [0.15, 0.2) is 0 Å². The fourth-order valence-electron chi connectivity index (χ4n) is 2.95. The first kappa shape index (κ1) is 16.9. The highest BCUT2D eigenvalue weighted by atomic mass is 32.2. The Kier molecular flexibility index (Phi) is 6.77. The summed E-state index contributed by atoms with van der Waals surface area (Å²) >= 11 is 0. The van der Waals surface area contributed by atoms with E-state index in [0.717, 1.165) is 18.8 Å². The van der Waals surface area contributed by atoms with Gasteiger partial charge in [0.05, 0.1) is 11.9 Å². The van der Waals surface area contributed by atoms with Gasteiger partial charge >= 0.3 is 0 Å². The molecule has 1 fully saturated rings. The quantitative estimate of drug-likeness (QED) is 0.733. The van der Waals surface area contributed by atoms with Crippen molar-refractivity contribution in [1.29, 1.82) is 0 Å². The molecule has 19 heavy (non-hydrogen) atoms. The molecular weight excluding hydrogens is 262 g/mol. The smallest absolute Gasteiger partial charge is 0.209 e. The zero-order valence-corrected chi connectivity index (χ0v) is 13.3. The fourth-order valence-corrected chi connectivity index (χ4v) is 3.55. The Labute approximate surface area is 118 Å². The van der Waals surface area contributed by atoms with Crippen molar-refractivity contribution >= 4 is 10.0 Å². The first-order valence-corrected chi connectivity index (χ1v) is 9.13. The van der Waals surface area contributed by atoms with E-state index in [0.29, 0.717) is 31.0 Å². The highest BCUT2D eigenvalue weighted by Gasteiger charge is 2.31. The van der Waals surface area contributed by atoms with Crippen molar-refractivity contribution in [2.75, 3.05) is 12.4 Å². The van der Waals surface area contributed by atoms with Crippen LogP contribution in [0.1, 0.15) is 52.9 Å². The third kappa shape index (κ3) is 6.72. The summed E-state index contributed by atoms with van der Waals surface area (Å²) in [5.74, 6) is 2.10. The lowest BCUT2D eigenvalue weighted by molar-refractivity contribution is -0.0390. The zero-order chi connectivity index (χ0) is 14.5. The van der Waals surface area contributed by atoms with Crippen LogP contribution in [-0.4, -0.2) is 26.9 Å². The minimum Gasteiger partial charge on any atom is -0.378 e. The summed E-state index contributed by atoms with van der Waals surface area (Å²) in [6.07, 6.45) is 5.39. The maximum atomic E-state index is 10.8. The van der Waals surface area contributed by atoms with E-state index in [2.05, 4.69) is 20.8 Å². The number of ether oxygens (including phenoxy) is 1. The predicted octanol–water partition coefficient (Wildman–Crippen LogP) is 2.53. The molecule has 1 saturated carbocycles. The van der Waals surface area contributed by atoms with Crippen LogP contribution in [0.3, 0.4) is 0 Å².